The number of carbonyl (C=O) groups is 2. The molecule has 5 heteroatoms. The summed E-state index contributed by atoms with van der Waals surface area (Å²) in [7, 11) is 1.32. The molecule has 74 valence electrons. The second kappa shape index (κ2) is 5.39. The Bertz CT molecular complexity index is 341. The number of carbonyl (C=O) groups excluding carboxylic acids is 2. The van der Waals surface area contributed by atoms with Gasteiger partial charge >= 0.3 is 5.97 Å². The molecule has 0 N–H and O–H groups in total. The molecule has 0 fully saturated rings. The molecule has 4 nitrogen and oxygen atoms in total. The van der Waals surface area contributed by atoms with Crippen molar-refractivity contribution in [3.05, 3.63) is 23.9 Å². The number of pyridine rings is 1. The summed E-state index contributed by atoms with van der Waals surface area (Å²) in [6.07, 6.45) is 2.29. The van der Waals surface area contributed by atoms with Gasteiger partial charge in [-0.25, -0.2) is 4.98 Å². The van der Waals surface area contributed by atoms with Crippen molar-refractivity contribution >= 4 is 24.0 Å². The topological polar surface area (TPSA) is 56.3 Å². The summed E-state index contributed by atoms with van der Waals surface area (Å²) < 4.78 is 4.47. The van der Waals surface area contributed by atoms with E-state index in [9.17, 15) is 9.59 Å². The van der Waals surface area contributed by atoms with Crippen LogP contribution in [0.4, 0.5) is 0 Å². The zero-order valence-electron chi connectivity index (χ0n) is 7.60. The van der Waals surface area contributed by atoms with Crippen LogP contribution in [0.3, 0.4) is 0 Å². The number of esters is 1. The normalized spacial score (nSPS) is 9.50. The van der Waals surface area contributed by atoms with Gasteiger partial charge in [-0.1, -0.05) is 11.8 Å². The van der Waals surface area contributed by atoms with E-state index >= 15 is 0 Å². The maximum Gasteiger partial charge on any atom is 0.316 e. The molecule has 0 saturated heterocycles. The highest BCUT2D eigenvalue weighted by Crippen LogP contribution is 2.18. The molecule has 0 aliphatic heterocycles. The summed E-state index contributed by atoms with van der Waals surface area (Å²) in [4.78, 5) is 25.4. The lowest BCUT2D eigenvalue weighted by atomic mass is 10.3. The van der Waals surface area contributed by atoms with Gasteiger partial charge in [0.2, 0.25) is 0 Å². The summed E-state index contributed by atoms with van der Waals surface area (Å²) >= 11 is 1.19. The lowest BCUT2D eigenvalue weighted by Gasteiger charge is -2.01. The Morgan fingerprint density at radius 3 is 3.14 bits per heavy atom. The van der Waals surface area contributed by atoms with Gasteiger partial charge in [-0.3, -0.25) is 9.59 Å². The largest absolute Gasteiger partial charge is 0.468 e. The van der Waals surface area contributed by atoms with Gasteiger partial charge in [-0.15, -0.1) is 0 Å². The average molecular weight is 211 g/mol. The molecule has 1 aromatic rings. The zero-order chi connectivity index (χ0) is 10.4. The molecule has 1 aromatic heterocycles. The van der Waals surface area contributed by atoms with E-state index < -0.39 is 0 Å². The van der Waals surface area contributed by atoms with Gasteiger partial charge in [0.25, 0.3) is 0 Å². The number of hydrogen-bond acceptors (Lipinski definition) is 5. The van der Waals surface area contributed by atoms with Crippen molar-refractivity contribution in [2.45, 2.75) is 5.03 Å². The van der Waals surface area contributed by atoms with Crippen LogP contribution in [0.5, 0.6) is 0 Å². The van der Waals surface area contributed by atoms with E-state index in [1.54, 1.807) is 18.3 Å². The SMILES string of the molecule is COC(=O)CSc1ncccc1C=O. The van der Waals surface area contributed by atoms with E-state index in [1.807, 2.05) is 0 Å². The van der Waals surface area contributed by atoms with Crippen LogP contribution in [-0.2, 0) is 9.53 Å². The summed E-state index contributed by atoms with van der Waals surface area (Å²) in [6, 6.07) is 3.32. The molecule has 0 aliphatic rings. The van der Waals surface area contributed by atoms with Crippen LogP contribution in [-0.4, -0.2) is 30.1 Å². The van der Waals surface area contributed by atoms with Crippen LogP contribution in [0.15, 0.2) is 23.4 Å². The lowest BCUT2D eigenvalue weighted by molar-refractivity contribution is -0.137. The summed E-state index contributed by atoms with van der Waals surface area (Å²) in [6.45, 7) is 0. The maximum absolute atomic E-state index is 10.8. The van der Waals surface area contributed by atoms with Gasteiger partial charge in [-0.05, 0) is 12.1 Å². The fraction of sp³-hybridized carbons (Fsp3) is 0.222. The average Bonchev–Trinajstić information content (AvgIpc) is 2.26. The number of thioether (sulfide) groups is 1. The number of ether oxygens (including phenoxy) is 1. The Hall–Kier alpha value is -1.36. The van der Waals surface area contributed by atoms with Crippen molar-refractivity contribution in [2.24, 2.45) is 0 Å². The molecule has 0 saturated carbocycles. The number of hydrogen-bond donors (Lipinski definition) is 0. The van der Waals surface area contributed by atoms with E-state index in [0.29, 0.717) is 16.9 Å². The molecule has 0 bridgehead atoms. The number of aromatic nitrogens is 1. The Labute approximate surface area is 85.7 Å². The van der Waals surface area contributed by atoms with Crippen LogP contribution in [0.2, 0.25) is 0 Å². The second-order valence-electron chi connectivity index (χ2n) is 2.38. The molecule has 0 unspecified atom stereocenters. The zero-order valence-corrected chi connectivity index (χ0v) is 8.41. The molecule has 0 aromatic carbocycles. The lowest BCUT2D eigenvalue weighted by Crippen LogP contribution is -2.03. The molecule has 0 amide bonds. The van der Waals surface area contributed by atoms with Crippen molar-refractivity contribution in [1.29, 1.82) is 0 Å². The van der Waals surface area contributed by atoms with E-state index in [4.69, 9.17) is 0 Å². The Kier molecular flexibility index (Phi) is 4.12. The summed E-state index contributed by atoms with van der Waals surface area (Å²) in [5.41, 5.74) is 0.487. The van der Waals surface area contributed by atoms with E-state index in [2.05, 4.69) is 9.72 Å². The number of nitrogens with zero attached hydrogens (tertiary/aromatic N) is 1. The molecule has 0 atom stereocenters. The first kappa shape index (κ1) is 10.7. The minimum absolute atomic E-state index is 0.161. The molecule has 0 spiro atoms. The van der Waals surface area contributed by atoms with Crippen LogP contribution in [0.25, 0.3) is 0 Å². The van der Waals surface area contributed by atoms with Crippen LogP contribution >= 0.6 is 11.8 Å². The van der Waals surface area contributed by atoms with Gasteiger partial charge in [0.05, 0.1) is 12.9 Å². The molecule has 0 radical (unpaired) electrons. The third kappa shape index (κ3) is 2.85. The molecule has 0 aliphatic carbocycles. The molecule has 14 heavy (non-hydrogen) atoms. The Morgan fingerprint density at radius 2 is 2.50 bits per heavy atom. The summed E-state index contributed by atoms with van der Waals surface area (Å²) in [5.74, 6) is -0.175. The fourth-order valence-corrected chi connectivity index (χ4v) is 1.59. The Morgan fingerprint density at radius 1 is 1.71 bits per heavy atom. The predicted octanol–water partition coefficient (Wildman–Crippen LogP) is 1.16. The third-order valence-corrected chi connectivity index (χ3v) is 2.48. The van der Waals surface area contributed by atoms with Crippen LogP contribution in [0.1, 0.15) is 10.4 Å². The van der Waals surface area contributed by atoms with Crippen molar-refractivity contribution in [2.75, 3.05) is 12.9 Å². The first-order valence-corrected chi connectivity index (χ1v) is 4.86. The van der Waals surface area contributed by atoms with Crippen LogP contribution in [0, 0.1) is 0 Å². The van der Waals surface area contributed by atoms with Gasteiger partial charge in [0.15, 0.2) is 6.29 Å². The van der Waals surface area contributed by atoms with Gasteiger partial charge < -0.3 is 4.74 Å². The quantitative estimate of drug-likeness (QED) is 0.425. The highest BCUT2D eigenvalue weighted by atomic mass is 32.2. The monoisotopic (exact) mass is 211 g/mol. The first-order valence-electron chi connectivity index (χ1n) is 3.87. The van der Waals surface area contributed by atoms with Gasteiger partial charge in [0.1, 0.15) is 5.03 Å². The second-order valence-corrected chi connectivity index (χ2v) is 3.34. The van der Waals surface area contributed by atoms with Gasteiger partial charge in [-0.2, -0.15) is 0 Å². The van der Waals surface area contributed by atoms with E-state index in [-0.39, 0.29) is 11.7 Å². The molecular formula is C9H9NO3S. The van der Waals surface area contributed by atoms with Crippen molar-refractivity contribution in [1.82, 2.24) is 4.98 Å². The van der Waals surface area contributed by atoms with Crippen molar-refractivity contribution in [3.8, 4) is 0 Å². The fourth-order valence-electron chi connectivity index (χ4n) is 0.800. The highest BCUT2D eigenvalue weighted by molar-refractivity contribution is 7.99. The minimum atomic E-state index is -0.336. The minimum Gasteiger partial charge on any atom is -0.468 e. The maximum atomic E-state index is 10.8. The number of aldehydes is 1. The molecular weight excluding hydrogens is 202 g/mol. The standard InChI is InChI=1S/C9H9NO3S/c1-13-8(12)6-14-9-7(5-11)3-2-4-10-9/h2-5H,6H2,1H3. The number of rotatable bonds is 4. The van der Waals surface area contributed by atoms with E-state index in [0.717, 1.165) is 0 Å². The van der Waals surface area contributed by atoms with E-state index in [1.165, 1.54) is 18.9 Å². The molecule has 1 rings (SSSR count). The van der Waals surface area contributed by atoms with Gasteiger partial charge in [0, 0.05) is 11.8 Å². The third-order valence-electron chi connectivity index (χ3n) is 1.48. The highest BCUT2D eigenvalue weighted by Gasteiger charge is 2.06. The predicted molar refractivity (Wildman–Crippen MR) is 52.4 cm³/mol. The van der Waals surface area contributed by atoms with Crippen molar-refractivity contribution in [3.63, 3.8) is 0 Å². The van der Waals surface area contributed by atoms with Crippen molar-refractivity contribution < 1.29 is 14.3 Å². The Balaban J connectivity index is 2.66. The van der Waals surface area contributed by atoms with Crippen LogP contribution < -0.4 is 0 Å². The summed E-state index contributed by atoms with van der Waals surface area (Å²) in [5, 5.41) is 0.549. The molecule has 1 heterocycles. The first-order chi connectivity index (χ1) is 6.77. The number of methoxy groups -OCH3 is 1. The smallest absolute Gasteiger partial charge is 0.316 e.